The van der Waals surface area contributed by atoms with Gasteiger partial charge in [-0.1, -0.05) is 22.9 Å². The molecule has 3 aliphatic rings. The Hall–Kier alpha value is -1.36. The van der Waals surface area contributed by atoms with E-state index in [4.69, 9.17) is 0 Å². The standard InChI is InChI=1S/C18H21BrN2O2/c1-12-4-7-20(9-12)16(22)10-21-11-18(5-6-18)15-8-13(19)2-3-14(15)17(21)23/h2-3,8,12H,4-7,9-11H2,1H3. The first kappa shape index (κ1) is 15.2. The lowest BCUT2D eigenvalue weighted by molar-refractivity contribution is -0.131. The molecule has 2 amide bonds. The molecule has 1 aliphatic carbocycles. The van der Waals surface area contributed by atoms with Crippen LogP contribution >= 0.6 is 15.9 Å². The molecule has 2 fully saturated rings. The largest absolute Gasteiger partial charge is 0.341 e. The molecule has 23 heavy (non-hydrogen) atoms. The van der Waals surface area contributed by atoms with Crippen molar-refractivity contribution in [1.29, 1.82) is 0 Å². The number of halogens is 1. The molecule has 1 aromatic rings. The van der Waals surface area contributed by atoms with Crippen molar-refractivity contribution in [2.45, 2.75) is 31.6 Å². The van der Waals surface area contributed by atoms with Gasteiger partial charge in [-0.15, -0.1) is 0 Å². The van der Waals surface area contributed by atoms with Gasteiger partial charge in [-0.25, -0.2) is 0 Å². The van der Waals surface area contributed by atoms with Crippen LogP contribution < -0.4 is 0 Å². The molecular weight excluding hydrogens is 356 g/mol. The Bertz CT molecular complexity index is 684. The topological polar surface area (TPSA) is 40.6 Å². The Balaban J connectivity index is 1.56. The third-order valence-corrected chi connectivity index (χ3v) is 6.01. The van der Waals surface area contributed by atoms with Gasteiger partial charge in [0.15, 0.2) is 0 Å². The second-order valence-electron chi connectivity index (χ2n) is 7.37. The van der Waals surface area contributed by atoms with Gasteiger partial charge >= 0.3 is 0 Å². The van der Waals surface area contributed by atoms with E-state index in [2.05, 4.69) is 28.9 Å². The van der Waals surface area contributed by atoms with E-state index in [-0.39, 0.29) is 23.8 Å². The molecule has 1 spiro atoms. The highest BCUT2D eigenvalue weighted by Gasteiger charge is 2.51. The van der Waals surface area contributed by atoms with Crippen molar-refractivity contribution in [3.63, 3.8) is 0 Å². The summed E-state index contributed by atoms with van der Waals surface area (Å²) in [4.78, 5) is 29.0. The van der Waals surface area contributed by atoms with Crippen molar-refractivity contribution < 1.29 is 9.59 Å². The van der Waals surface area contributed by atoms with E-state index in [9.17, 15) is 9.59 Å². The van der Waals surface area contributed by atoms with Crippen molar-refractivity contribution in [3.8, 4) is 0 Å². The van der Waals surface area contributed by atoms with Crippen molar-refractivity contribution in [2.24, 2.45) is 5.92 Å². The third kappa shape index (κ3) is 2.59. The number of likely N-dealkylation sites (tertiary alicyclic amines) is 1. The van der Waals surface area contributed by atoms with Crippen LogP contribution in [0.15, 0.2) is 22.7 Å². The zero-order valence-corrected chi connectivity index (χ0v) is 14.9. The summed E-state index contributed by atoms with van der Waals surface area (Å²) < 4.78 is 1.02. The Morgan fingerprint density at radius 3 is 2.83 bits per heavy atom. The first-order valence-corrected chi connectivity index (χ1v) is 9.15. The van der Waals surface area contributed by atoms with Gasteiger partial charge in [0.1, 0.15) is 6.54 Å². The Morgan fingerprint density at radius 1 is 1.39 bits per heavy atom. The maximum atomic E-state index is 12.8. The van der Waals surface area contributed by atoms with Gasteiger partial charge in [0.25, 0.3) is 5.91 Å². The second-order valence-corrected chi connectivity index (χ2v) is 8.28. The van der Waals surface area contributed by atoms with Crippen LogP contribution in [0.2, 0.25) is 0 Å². The minimum atomic E-state index is 0.00520. The van der Waals surface area contributed by atoms with Crippen LogP contribution in [0.3, 0.4) is 0 Å². The Morgan fingerprint density at radius 2 is 2.17 bits per heavy atom. The second kappa shape index (κ2) is 5.33. The summed E-state index contributed by atoms with van der Waals surface area (Å²) >= 11 is 3.51. The predicted molar refractivity (Wildman–Crippen MR) is 91.3 cm³/mol. The highest BCUT2D eigenvalue weighted by Crippen LogP contribution is 2.52. The maximum Gasteiger partial charge on any atom is 0.254 e. The number of fused-ring (bicyclic) bond motifs is 2. The van der Waals surface area contributed by atoms with Crippen LogP contribution in [0.4, 0.5) is 0 Å². The van der Waals surface area contributed by atoms with Crippen LogP contribution in [0.1, 0.15) is 42.1 Å². The van der Waals surface area contributed by atoms with Crippen LogP contribution in [-0.2, 0) is 10.2 Å². The molecule has 122 valence electrons. The number of benzene rings is 1. The highest BCUT2D eigenvalue weighted by atomic mass is 79.9. The van der Waals surface area contributed by atoms with E-state index in [1.807, 2.05) is 17.0 Å². The zero-order valence-electron chi connectivity index (χ0n) is 13.3. The molecule has 0 bridgehead atoms. The number of rotatable bonds is 2. The third-order valence-electron chi connectivity index (χ3n) is 5.52. The van der Waals surface area contributed by atoms with E-state index in [1.54, 1.807) is 4.90 Å². The highest BCUT2D eigenvalue weighted by molar-refractivity contribution is 9.10. The average Bonchev–Trinajstić information content (AvgIpc) is 3.16. The average molecular weight is 377 g/mol. The van der Waals surface area contributed by atoms with Gasteiger partial charge in [-0.05, 0) is 48.9 Å². The van der Waals surface area contributed by atoms with Crippen molar-refractivity contribution in [2.75, 3.05) is 26.2 Å². The fraction of sp³-hybridized carbons (Fsp3) is 0.556. The molecule has 1 saturated heterocycles. The Kier molecular flexibility index (Phi) is 3.52. The molecule has 0 aromatic heterocycles. The molecule has 1 unspecified atom stereocenters. The van der Waals surface area contributed by atoms with E-state index < -0.39 is 0 Å². The molecule has 4 rings (SSSR count). The lowest BCUT2D eigenvalue weighted by Crippen LogP contribution is -2.48. The number of carbonyl (C=O) groups is 2. The van der Waals surface area contributed by atoms with E-state index in [1.165, 1.54) is 0 Å². The number of hydrogen-bond donors (Lipinski definition) is 0. The molecule has 2 aliphatic heterocycles. The summed E-state index contributed by atoms with van der Waals surface area (Å²) in [6, 6.07) is 5.90. The number of carbonyl (C=O) groups excluding carboxylic acids is 2. The molecule has 1 aromatic carbocycles. The van der Waals surface area contributed by atoms with Crippen LogP contribution in [0.5, 0.6) is 0 Å². The maximum absolute atomic E-state index is 12.8. The quantitative estimate of drug-likeness (QED) is 0.795. The van der Waals surface area contributed by atoms with Gasteiger partial charge in [0, 0.05) is 35.1 Å². The minimum absolute atomic E-state index is 0.00520. The van der Waals surface area contributed by atoms with Crippen LogP contribution in [-0.4, -0.2) is 47.8 Å². The summed E-state index contributed by atoms with van der Waals surface area (Å²) in [5.74, 6) is 0.675. The molecule has 2 heterocycles. The molecule has 1 saturated carbocycles. The molecule has 0 N–H and O–H groups in total. The Labute approximate surface area is 145 Å². The fourth-order valence-electron chi connectivity index (χ4n) is 3.97. The lowest BCUT2D eigenvalue weighted by Gasteiger charge is -2.35. The fourth-order valence-corrected chi connectivity index (χ4v) is 4.33. The van der Waals surface area contributed by atoms with Gasteiger partial charge in [0.2, 0.25) is 5.91 Å². The first-order chi connectivity index (χ1) is 11.0. The van der Waals surface area contributed by atoms with Gasteiger partial charge in [-0.2, -0.15) is 0 Å². The SMILES string of the molecule is CC1CCN(C(=O)CN2CC3(CC3)c3cc(Br)ccc3C2=O)C1. The minimum Gasteiger partial charge on any atom is -0.341 e. The van der Waals surface area contributed by atoms with Crippen molar-refractivity contribution in [3.05, 3.63) is 33.8 Å². The van der Waals surface area contributed by atoms with Crippen molar-refractivity contribution in [1.82, 2.24) is 9.80 Å². The van der Waals surface area contributed by atoms with E-state index in [0.717, 1.165) is 48.0 Å². The van der Waals surface area contributed by atoms with Crippen molar-refractivity contribution >= 4 is 27.7 Å². The van der Waals surface area contributed by atoms with Crippen LogP contribution in [0.25, 0.3) is 0 Å². The summed E-state index contributed by atoms with van der Waals surface area (Å²) in [6.45, 7) is 4.74. The molecular formula is C18H21BrN2O2. The van der Waals surface area contributed by atoms with Gasteiger partial charge in [-0.3, -0.25) is 9.59 Å². The number of hydrogen-bond acceptors (Lipinski definition) is 2. The summed E-state index contributed by atoms with van der Waals surface area (Å²) in [7, 11) is 0. The lowest BCUT2D eigenvalue weighted by atomic mass is 9.86. The number of nitrogens with zero attached hydrogens (tertiary/aromatic N) is 2. The summed E-state index contributed by atoms with van der Waals surface area (Å²) in [5, 5.41) is 0. The summed E-state index contributed by atoms with van der Waals surface area (Å²) in [5.41, 5.74) is 2.03. The van der Waals surface area contributed by atoms with E-state index in [0.29, 0.717) is 12.5 Å². The first-order valence-electron chi connectivity index (χ1n) is 8.36. The smallest absolute Gasteiger partial charge is 0.254 e. The van der Waals surface area contributed by atoms with Crippen LogP contribution in [0, 0.1) is 5.92 Å². The summed E-state index contributed by atoms with van der Waals surface area (Å²) in [6.07, 6.45) is 3.28. The molecule has 1 atom stereocenters. The zero-order chi connectivity index (χ0) is 16.2. The van der Waals surface area contributed by atoms with E-state index >= 15 is 0 Å². The number of amides is 2. The van der Waals surface area contributed by atoms with Gasteiger partial charge in [0.05, 0.1) is 0 Å². The predicted octanol–water partition coefficient (Wildman–Crippen LogP) is 2.80. The molecule has 0 radical (unpaired) electrons. The van der Waals surface area contributed by atoms with Gasteiger partial charge < -0.3 is 9.80 Å². The molecule has 4 nitrogen and oxygen atoms in total. The normalized spacial score (nSPS) is 25.0. The monoisotopic (exact) mass is 376 g/mol. The molecule has 5 heteroatoms.